The van der Waals surface area contributed by atoms with Gasteiger partial charge in [0.1, 0.15) is 17.8 Å². The number of halogens is 3. The summed E-state index contributed by atoms with van der Waals surface area (Å²) >= 11 is 0. The third-order valence-corrected chi connectivity index (χ3v) is 1.41. The number of nitrogens with zero attached hydrogens (tertiary/aromatic N) is 2. The molecule has 0 fully saturated rings. The van der Waals surface area contributed by atoms with Gasteiger partial charge >= 0.3 is 6.18 Å². The van der Waals surface area contributed by atoms with E-state index in [9.17, 15) is 13.2 Å². The highest BCUT2D eigenvalue weighted by molar-refractivity contribution is 5.35. The highest BCUT2D eigenvalue weighted by Crippen LogP contribution is 2.27. The van der Waals surface area contributed by atoms with Crippen LogP contribution < -0.4 is 11.1 Å². The summed E-state index contributed by atoms with van der Waals surface area (Å²) < 4.78 is 36.4. The van der Waals surface area contributed by atoms with Gasteiger partial charge in [0.25, 0.3) is 0 Å². The van der Waals surface area contributed by atoms with Gasteiger partial charge in [0.15, 0.2) is 0 Å². The normalized spacial score (nSPS) is 11.4. The first-order valence-electron chi connectivity index (χ1n) is 3.87. The van der Waals surface area contributed by atoms with Gasteiger partial charge in [0, 0.05) is 19.2 Å². The fourth-order valence-corrected chi connectivity index (χ4v) is 0.809. The van der Waals surface area contributed by atoms with Crippen LogP contribution in [0.15, 0.2) is 12.4 Å². The van der Waals surface area contributed by atoms with E-state index < -0.39 is 11.9 Å². The van der Waals surface area contributed by atoms with Crippen molar-refractivity contribution in [1.82, 2.24) is 9.97 Å². The van der Waals surface area contributed by atoms with E-state index in [1.165, 1.54) is 0 Å². The van der Waals surface area contributed by atoms with Crippen molar-refractivity contribution in [3.05, 3.63) is 18.1 Å². The van der Waals surface area contributed by atoms with E-state index in [1.54, 1.807) is 0 Å². The predicted molar refractivity (Wildman–Crippen MR) is 44.6 cm³/mol. The van der Waals surface area contributed by atoms with E-state index in [0.717, 1.165) is 12.4 Å². The number of nitrogens with two attached hydrogens (primary N) is 1. The van der Waals surface area contributed by atoms with Crippen LogP contribution in [0, 0.1) is 0 Å². The Hall–Kier alpha value is -1.37. The quantitative estimate of drug-likeness (QED) is 0.770. The molecule has 0 saturated carbocycles. The second-order valence-corrected chi connectivity index (χ2v) is 2.50. The van der Waals surface area contributed by atoms with Crippen molar-refractivity contribution in [2.24, 2.45) is 5.73 Å². The fraction of sp³-hybridized carbons (Fsp3) is 0.429. The molecule has 0 aromatic carbocycles. The van der Waals surface area contributed by atoms with E-state index in [4.69, 9.17) is 5.73 Å². The molecule has 14 heavy (non-hydrogen) atoms. The maximum absolute atomic E-state index is 12.1. The lowest BCUT2D eigenvalue weighted by Crippen LogP contribution is -2.15. The van der Waals surface area contributed by atoms with Gasteiger partial charge in [0.05, 0.1) is 0 Å². The molecular formula is C7H9F3N4. The van der Waals surface area contributed by atoms with Crippen LogP contribution in [0.3, 0.4) is 0 Å². The van der Waals surface area contributed by atoms with Crippen LogP contribution in [-0.2, 0) is 6.18 Å². The average Bonchev–Trinajstić information content (AvgIpc) is 2.14. The first-order valence-corrected chi connectivity index (χ1v) is 3.87. The Morgan fingerprint density at radius 2 is 2.07 bits per heavy atom. The van der Waals surface area contributed by atoms with Crippen molar-refractivity contribution in [1.29, 1.82) is 0 Å². The van der Waals surface area contributed by atoms with Crippen molar-refractivity contribution in [2.75, 3.05) is 18.4 Å². The number of anilines is 1. The number of aromatic nitrogens is 2. The maximum atomic E-state index is 12.1. The molecule has 0 saturated heterocycles. The predicted octanol–water partition coefficient (Wildman–Crippen LogP) is 0.866. The molecule has 7 heteroatoms. The Kier molecular flexibility index (Phi) is 3.23. The molecule has 0 radical (unpaired) electrons. The zero-order valence-corrected chi connectivity index (χ0v) is 7.17. The lowest BCUT2D eigenvalue weighted by molar-refractivity contribution is -0.141. The molecule has 1 aromatic rings. The van der Waals surface area contributed by atoms with Crippen molar-refractivity contribution < 1.29 is 13.2 Å². The minimum Gasteiger partial charge on any atom is -0.369 e. The molecule has 1 heterocycles. The van der Waals surface area contributed by atoms with Crippen molar-refractivity contribution in [3.63, 3.8) is 0 Å². The molecule has 0 aliphatic carbocycles. The van der Waals surface area contributed by atoms with E-state index >= 15 is 0 Å². The smallest absolute Gasteiger partial charge is 0.369 e. The SMILES string of the molecule is NCCNc1cc(C(F)(F)F)ncn1. The zero-order chi connectivity index (χ0) is 10.6. The summed E-state index contributed by atoms with van der Waals surface area (Å²) in [5.74, 6) is 0.123. The summed E-state index contributed by atoms with van der Waals surface area (Å²) in [6, 6.07) is 0.843. The van der Waals surface area contributed by atoms with Crippen LogP contribution >= 0.6 is 0 Å². The molecule has 0 aliphatic rings. The van der Waals surface area contributed by atoms with Crippen LogP contribution in [0.2, 0.25) is 0 Å². The van der Waals surface area contributed by atoms with Gasteiger partial charge in [0.2, 0.25) is 0 Å². The van der Waals surface area contributed by atoms with E-state index in [2.05, 4.69) is 15.3 Å². The second-order valence-electron chi connectivity index (χ2n) is 2.50. The molecule has 1 rings (SSSR count). The van der Waals surface area contributed by atoms with Gasteiger partial charge < -0.3 is 11.1 Å². The molecule has 0 atom stereocenters. The van der Waals surface area contributed by atoms with Crippen LogP contribution in [-0.4, -0.2) is 23.1 Å². The molecular weight excluding hydrogens is 197 g/mol. The number of hydrogen-bond acceptors (Lipinski definition) is 4. The Balaban J connectivity index is 2.79. The number of hydrogen-bond donors (Lipinski definition) is 2. The first-order chi connectivity index (χ1) is 6.54. The van der Waals surface area contributed by atoms with Crippen molar-refractivity contribution >= 4 is 5.82 Å². The Morgan fingerprint density at radius 3 is 2.64 bits per heavy atom. The van der Waals surface area contributed by atoms with E-state index in [-0.39, 0.29) is 5.82 Å². The largest absolute Gasteiger partial charge is 0.433 e. The lowest BCUT2D eigenvalue weighted by Gasteiger charge is -2.07. The highest BCUT2D eigenvalue weighted by atomic mass is 19.4. The summed E-state index contributed by atoms with van der Waals surface area (Å²) in [6.07, 6.45) is -3.58. The average molecular weight is 206 g/mol. The van der Waals surface area contributed by atoms with Gasteiger partial charge in [-0.15, -0.1) is 0 Å². The van der Waals surface area contributed by atoms with E-state index in [0.29, 0.717) is 13.1 Å². The standard InChI is InChI=1S/C7H9F3N4/c8-7(9,10)5-3-6(12-2-1-11)14-4-13-5/h3-4H,1-2,11H2,(H,12,13,14). The van der Waals surface area contributed by atoms with Crippen LogP contribution in [0.4, 0.5) is 19.0 Å². The van der Waals surface area contributed by atoms with Crippen LogP contribution in [0.25, 0.3) is 0 Å². The van der Waals surface area contributed by atoms with Gasteiger partial charge in [-0.25, -0.2) is 9.97 Å². The molecule has 0 spiro atoms. The Bertz CT molecular complexity index is 299. The number of rotatable bonds is 3. The number of nitrogens with one attached hydrogen (secondary N) is 1. The summed E-state index contributed by atoms with van der Waals surface area (Å²) in [6.45, 7) is 0.694. The molecule has 0 unspecified atom stereocenters. The van der Waals surface area contributed by atoms with Crippen molar-refractivity contribution in [3.8, 4) is 0 Å². The molecule has 4 nitrogen and oxygen atoms in total. The third-order valence-electron chi connectivity index (χ3n) is 1.41. The van der Waals surface area contributed by atoms with Crippen LogP contribution in [0.1, 0.15) is 5.69 Å². The zero-order valence-electron chi connectivity index (χ0n) is 7.17. The summed E-state index contributed by atoms with van der Waals surface area (Å²) in [5.41, 5.74) is 4.21. The van der Waals surface area contributed by atoms with E-state index in [1.807, 2.05) is 0 Å². The topological polar surface area (TPSA) is 63.8 Å². The molecule has 0 aliphatic heterocycles. The highest BCUT2D eigenvalue weighted by Gasteiger charge is 2.32. The Labute approximate surface area is 78.4 Å². The first kappa shape index (κ1) is 10.7. The van der Waals surface area contributed by atoms with Gasteiger partial charge in [-0.2, -0.15) is 13.2 Å². The maximum Gasteiger partial charge on any atom is 0.433 e. The monoisotopic (exact) mass is 206 g/mol. The molecule has 0 amide bonds. The lowest BCUT2D eigenvalue weighted by atomic mass is 10.4. The second kappa shape index (κ2) is 4.23. The summed E-state index contributed by atoms with van der Waals surface area (Å²) in [4.78, 5) is 6.72. The molecule has 1 aromatic heterocycles. The van der Waals surface area contributed by atoms with Gasteiger partial charge in [-0.05, 0) is 0 Å². The fourth-order valence-electron chi connectivity index (χ4n) is 0.809. The van der Waals surface area contributed by atoms with Gasteiger partial charge in [-0.3, -0.25) is 0 Å². The van der Waals surface area contributed by atoms with Crippen molar-refractivity contribution in [2.45, 2.75) is 6.18 Å². The Morgan fingerprint density at radius 1 is 1.36 bits per heavy atom. The number of alkyl halides is 3. The molecule has 78 valence electrons. The summed E-state index contributed by atoms with van der Waals surface area (Å²) in [7, 11) is 0. The minimum atomic E-state index is -4.44. The van der Waals surface area contributed by atoms with Crippen LogP contribution in [0.5, 0.6) is 0 Å². The summed E-state index contributed by atoms with van der Waals surface area (Å²) in [5, 5.41) is 2.63. The minimum absolute atomic E-state index is 0.123. The molecule has 3 N–H and O–H groups in total. The molecule has 0 bridgehead atoms. The van der Waals surface area contributed by atoms with Gasteiger partial charge in [-0.1, -0.05) is 0 Å². The third kappa shape index (κ3) is 2.84.